The molecule has 2 N–H and O–H groups in total. The van der Waals surface area contributed by atoms with E-state index in [4.69, 9.17) is 24.1 Å². The van der Waals surface area contributed by atoms with Crippen molar-refractivity contribution in [3.63, 3.8) is 0 Å². The monoisotopic (exact) mass is 818 g/mol. The third-order valence-electron chi connectivity index (χ3n) is 8.76. The van der Waals surface area contributed by atoms with Crippen molar-refractivity contribution < 1.29 is 40.9 Å². The smallest absolute Gasteiger partial charge is 0.246 e. The highest BCUT2D eigenvalue weighted by Crippen LogP contribution is 2.25. The van der Waals surface area contributed by atoms with Crippen molar-refractivity contribution in [3.8, 4) is 23.0 Å². The second kappa shape index (κ2) is 19.9. The van der Waals surface area contributed by atoms with Crippen LogP contribution in [-0.4, -0.2) is 85.6 Å². The highest BCUT2D eigenvalue weighted by Gasteiger charge is 2.28. The van der Waals surface area contributed by atoms with E-state index in [1.807, 2.05) is 72.8 Å². The zero-order valence-corrected chi connectivity index (χ0v) is 33.7. The molecule has 0 unspecified atom stereocenters. The maximum atomic E-state index is 13.4. The van der Waals surface area contributed by atoms with E-state index in [1.54, 1.807) is 52.7 Å². The van der Waals surface area contributed by atoms with Gasteiger partial charge in [0.1, 0.15) is 32.8 Å². The van der Waals surface area contributed by atoms with E-state index in [-0.39, 0.29) is 49.1 Å². The first-order valence-corrected chi connectivity index (χ1v) is 20.5. The number of hydrogen-bond donors (Lipinski definition) is 2. The number of rotatable bonds is 18. The summed E-state index contributed by atoms with van der Waals surface area (Å²) < 4.78 is 77.8. The minimum atomic E-state index is -3.82. The van der Waals surface area contributed by atoms with Crippen molar-refractivity contribution in [2.24, 2.45) is 0 Å². The van der Waals surface area contributed by atoms with Crippen LogP contribution in [0.4, 0.5) is 0 Å². The van der Waals surface area contributed by atoms with Crippen LogP contribution in [0.25, 0.3) is 0 Å². The number of benzene rings is 4. The Labute approximate surface area is 333 Å². The Balaban J connectivity index is 0.000000219. The number of nitrogens with zero attached hydrogens (tertiary/aromatic N) is 5. The van der Waals surface area contributed by atoms with Crippen molar-refractivity contribution >= 4 is 20.0 Å². The quantitative estimate of drug-likeness (QED) is 0.118. The van der Waals surface area contributed by atoms with Gasteiger partial charge in [0.05, 0.1) is 54.0 Å². The average molecular weight is 819 g/mol. The van der Waals surface area contributed by atoms with Gasteiger partial charge < -0.3 is 24.1 Å². The Kier molecular flexibility index (Phi) is 14.8. The van der Waals surface area contributed by atoms with Gasteiger partial charge in [-0.3, -0.25) is 9.78 Å². The average Bonchev–Trinajstić information content (AvgIpc) is 3.96. The van der Waals surface area contributed by atoms with E-state index < -0.39 is 20.0 Å². The normalized spacial score (nSPS) is 11.6. The molecule has 6 rings (SSSR count). The molecule has 0 amide bonds. The molecule has 0 aliphatic rings. The molecule has 0 saturated heterocycles. The molecule has 0 spiro atoms. The summed E-state index contributed by atoms with van der Waals surface area (Å²) in [5.41, 5.74) is 3.37. The van der Waals surface area contributed by atoms with Gasteiger partial charge in [-0.1, -0.05) is 48.5 Å². The van der Waals surface area contributed by atoms with Crippen LogP contribution < -0.4 is 18.9 Å². The first-order valence-electron chi connectivity index (χ1n) is 17.6. The molecule has 2 aromatic heterocycles. The lowest BCUT2D eigenvalue weighted by atomic mass is 10.2. The van der Waals surface area contributed by atoms with Gasteiger partial charge in [-0.15, -0.1) is 0 Å². The minimum absolute atomic E-state index is 0.0815. The molecule has 0 aliphatic carbocycles. The van der Waals surface area contributed by atoms with E-state index in [0.717, 1.165) is 33.8 Å². The summed E-state index contributed by atoms with van der Waals surface area (Å²) >= 11 is 0. The van der Waals surface area contributed by atoms with Crippen LogP contribution in [0.1, 0.15) is 22.3 Å². The zero-order chi connectivity index (χ0) is 40.8. The maximum absolute atomic E-state index is 13.4. The Bertz CT molecular complexity index is 2240. The van der Waals surface area contributed by atoms with E-state index in [2.05, 4.69) is 15.3 Å². The van der Waals surface area contributed by atoms with Gasteiger partial charge in [0.2, 0.25) is 20.0 Å². The van der Waals surface area contributed by atoms with Crippen LogP contribution in [-0.2, 0) is 52.8 Å². The molecule has 17 heteroatoms. The third-order valence-corrected chi connectivity index (χ3v) is 12.3. The molecule has 0 radical (unpaired) electrons. The number of aromatic nitrogens is 4. The number of methoxy groups -OCH3 is 4. The Morgan fingerprint density at radius 1 is 0.561 bits per heavy atom. The second-order valence-corrected chi connectivity index (χ2v) is 16.4. The third kappa shape index (κ3) is 11.4. The molecule has 2 heterocycles. The van der Waals surface area contributed by atoms with Crippen molar-refractivity contribution in [1.29, 1.82) is 0 Å². The van der Waals surface area contributed by atoms with Crippen molar-refractivity contribution in [2.45, 2.75) is 42.5 Å². The predicted molar refractivity (Wildman–Crippen MR) is 213 cm³/mol. The Morgan fingerprint density at radius 2 is 0.912 bits per heavy atom. The van der Waals surface area contributed by atoms with Crippen molar-refractivity contribution in [2.75, 3.05) is 35.0 Å². The molecule has 57 heavy (non-hydrogen) atoms. The van der Waals surface area contributed by atoms with Crippen LogP contribution in [0.3, 0.4) is 0 Å². The second-order valence-electron chi connectivity index (χ2n) is 12.5. The fraction of sp³-hybridized carbons (Fsp3) is 0.250. The number of aliphatic hydroxyl groups is 1. The summed E-state index contributed by atoms with van der Waals surface area (Å²) in [5, 5.41) is 19.4. The zero-order valence-electron chi connectivity index (χ0n) is 32.1. The number of H-pyrrole nitrogens is 1. The molecule has 4 aromatic carbocycles. The van der Waals surface area contributed by atoms with E-state index in [0.29, 0.717) is 11.5 Å². The van der Waals surface area contributed by atoms with Crippen molar-refractivity contribution in [1.82, 2.24) is 28.6 Å². The van der Waals surface area contributed by atoms with E-state index >= 15 is 0 Å². The fourth-order valence-corrected chi connectivity index (χ4v) is 8.27. The molecule has 302 valence electrons. The summed E-state index contributed by atoms with van der Waals surface area (Å²) in [6.45, 7) is 0.926. The molecular formula is C40H46N6O9S2. The van der Waals surface area contributed by atoms with Crippen LogP contribution in [0.5, 0.6) is 23.0 Å². The molecular weight excluding hydrogens is 773 g/mol. The highest BCUT2D eigenvalue weighted by molar-refractivity contribution is 7.89. The molecule has 0 saturated carbocycles. The predicted octanol–water partition coefficient (Wildman–Crippen LogP) is 5.10. The van der Waals surface area contributed by atoms with Gasteiger partial charge in [-0.25, -0.2) is 16.8 Å². The Hall–Kier alpha value is -5.72. The minimum Gasteiger partial charge on any atom is -0.497 e. The van der Waals surface area contributed by atoms with Crippen LogP contribution in [0.15, 0.2) is 132 Å². The lowest BCUT2D eigenvalue weighted by Crippen LogP contribution is -2.30. The standard InChI is InChI=1S/C21H25N3O5S.C19H21N3O4S/c1-28-19-7-3-17(4-8-19)14-24(15-18-5-9-20(29-2)10-6-18)30(26,27)21-13-22-23(16-21)11-12-25;1-25-17-7-3-15(4-8-17)13-22(27(23,24)19-11-20-21-12-19)14-16-5-9-18(26-2)10-6-16/h3-10,13,16,25H,11-12,14-15H2,1-2H3;3-12H,13-14H2,1-2H3,(H,20,21). The summed E-state index contributed by atoms with van der Waals surface area (Å²) in [7, 11) is -1.18. The van der Waals surface area contributed by atoms with Gasteiger partial charge >= 0.3 is 0 Å². The SMILES string of the molecule is COc1ccc(CN(Cc2ccc(OC)cc2)S(=O)(=O)c2cn[nH]c2)cc1.COc1ccc(CN(Cc2ccc(OC)cc2)S(=O)(=O)c2cnn(CCO)c2)cc1. The molecule has 0 fully saturated rings. The summed E-state index contributed by atoms with van der Waals surface area (Å²) in [6.07, 6.45) is 5.43. The van der Waals surface area contributed by atoms with Gasteiger partial charge in [0, 0.05) is 38.6 Å². The van der Waals surface area contributed by atoms with Crippen LogP contribution in [0, 0.1) is 0 Å². The molecule has 15 nitrogen and oxygen atoms in total. The summed E-state index contributed by atoms with van der Waals surface area (Å²) in [6, 6.07) is 29.2. The number of aromatic amines is 1. The van der Waals surface area contributed by atoms with Gasteiger partial charge in [0.15, 0.2) is 0 Å². The largest absolute Gasteiger partial charge is 0.497 e. The number of sulfonamides is 2. The number of hydrogen-bond acceptors (Lipinski definition) is 11. The van der Waals surface area contributed by atoms with Gasteiger partial charge in [-0.2, -0.15) is 18.8 Å². The first kappa shape index (κ1) is 42.4. The van der Waals surface area contributed by atoms with E-state index in [9.17, 15) is 16.8 Å². The number of ether oxygens (including phenoxy) is 4. The first-order chi connectivity index (χ1) is 27.5. The molecule has 0 bridgehead atoms. The summed E-state index contributed by atoms with van der Waals surface area (Å²) in [5.74, 6) is 2.85. The van der Waals surface area contributed by atoms with Gasteiger partial charge in [0.25, 0.3) is 0 Å². The maximum Gasteiger partial charge on any atom is 0.246 e. The fourth-order valence-electron chi connectivity index (χ4n) is 5.57. The summed E-state index contributed by atoms with van der Waals surface area (Å²) in [4.78, 5) is 0.211. The van der Waals surface area contributed by atoms with Gasteiger partial charge in [-0.05, 0) is 70.8 Å². The van der Waals surface area contributed by atoms with Crippen molar-refractivity contribution in [3.05, 3.63) is 144 Å². The number of nitrogens with one attached hydrogen (secondary N) is 1. The lowest BCUT2D eigenvalue weighted by Gasteiger charge is -2.22. The molecule has 6 aromatic rings. The highest BCUT2D eigenvalue weighted by atomic mass is 32.2. The van der Waals surface area contributed by atoms with Crippen LogP contribution >= 0.6 is 0 Å². The number of aliphatic hydroxyl groups excluding tert-OH is 1. The Morgan fingerprint density at radius 3 is 1.21 bits per heavy atom. The van der Waals surface area contributed by atoms with Crippen LogP contribution in [0.2, 0.25) is 0 Å². The molecule has 0 aliphatic heterocycles. The lowest BCUT2D eigenvalue weighted by molar-refractivity contribution is 0.269. The topological polar surface area (TPSA) is 178 Å². The van der Waals surface area contributed by atoms with E-state index in [1.165, 1.54) is 38.1 Å². The molecule has 0 atom stereocenters.